The second kappa shape index (κ2) is 8.53. The number of carbonyl (C=O) groups excluding carboxylic acids is 1. The molecule has 0 aromatic carbocycles. The van der Waals surface area contributed by atoms with E-state index in [1.54, 1.807) is 0 Å². The predicted molar refractivity (Wildman–Crippen MR) is 62.3 cm³/mol. The van der Waals surface area contributed by atoms with E-state index in [2.05, 4.69) is 12.2 Å². The van der Waals surface area contributed by atoms with Gasteiger partial charge >= 0.3 is 5.97 Å². The molecule has 0 aliphatic carbocycles. The topological polar surface area (TPSA) is 47.6 Å². The van der Waals surface area contributed by atoms with Gasteiger partial charge in [-0.2, -0.15) is 0 Å². The Morgan fingerprint density at radius 3 is 2.94 bits per heavy atom. The van der Waals surface area contributed by atoms with Crippen molar-refractivity contribution >= 4 is 5.97 Å². The molecule has 1 N–H and O–H groups in total. The Bertz CT molecular complexity index is 191. The van der Waals surface area contributed by atoms with Gasteiger partial charge in [-0.05, 0) is 38.3 Å². The Hall–Kier alpha value is -0.610. The predicted octanol–water partition coefficient (Wildman–Crippen LogP) is 1.35. The molecule has 94 valence electrons. The highest BCUT2D eigenvalue weighted by molar-refractivity contribution is 5.69. The van der Waals surface area contributed by atoms with Gasteiger partial charge in [-0.1, -0.05) is 6.92 Å². The van der Waals surface area contributed by atoms with E-state index >= 15 is 0 Å². The summed E-state index contributed by atoms with van der Waals surface area (Å²) in [6, 6.07) is 0. The van der Waals surface area contributed by atoms with E-state index in [-0.39, 0.29) is 5.97 Å². The van der Waals surface area contributed by atoms with E-state index in [9.17, 15) is 4.79 Å². The molecule has 0 saturated carbocycles. The first kappa shape index (κ1) is 13.5. The summed E-state index contributed by atoms with van der Waals surface area (Å²) in [6.45, 7) is 5.84. The maximum Gasteiger partial charge on any atom is 0.305 e. The van der Waals surface area contributed by atoms with Gasteiger partial charge in [-0.3, -0.25) is 4.79 Å². The zero-order chi connectivity index (χ0) is 11.6. The van der Waals surface area contributed by atoms with Crippen molar-refractivity contribution in [3.05, 3.63) is 0 Å². The van der Waals surface area contributed by atoms with Gasteiger partial charge in [0.25, 0.3) is 0 Å². The summed E-state index contributed by atoms with van der Waals surface area (Å²) in [5.41, 5.74) is 0. The van der Waals surface area contributed by atoms with Crippen LogP contribution in [0.5, 0.6) is 0 Å². The molecule has 1 aliphatic rings. The summed E-state index contributed by atoms with van der Waals surface area (Å²) in [4.78, 5) is 11.3. The van der Waals surface area contributed by atoms with Crippen LogP contribution in [0.25, 0.3) is 0 Å². The number of ether oxygens (including phenoxy) is 2. The van der Waals surface area contributed by atoms with Crippen LogP contribution in [0.1, 0.15) is 32.6 Å². The standard InChI is InChI=1S/C12H23NO3/c1-2-7-15-8-9-16-12(14)4-3-11-5-6-13-10-11/h11,13H,2-10H2,1H3. The maximum atomic E-state index is 11.3. The molecule has 0 aromatic heterocycles. The second-order valence-corrected chi connectivity index (χ2v) is 4.23. The van der Waals surface area contributed by atoms with Crippen LogP contribution in [0.15, 0.2) is 0 Å². The number of rotatable bonds is 8. The zero-order valence-electron chi connectivity index (χ0n) is 10.2. The molecule has 0 aromatic rings. The SMILES string of the molecule is CCCOCCOC(=O)CCC1CCNC1. The summed E-state index contributed by atoms with van der Waals surface area (Å²) < 4.78 is 10.3. The Morgan fingerprint density at radius 2 is 2.25 bits per heavy atom. The molecular formula is C12H23NO3. The van der Waals surface area contributed by atoms with Crippen molar-refractivity contribution in [1.29, 1.82) is 0 Å². The fourth-order valence-corrected chi connectivity index (χ4v) is 1.82. The van der Waals surface area contributed by atoms with Crippen molar-refractivity contribution in [2.75, 3.05) is 32.9 Å². The van der Waals surface area contributed by atoms with Crippen molar-refractivity contribution in [2.24, 2.45) is 5.92 Å². The van der Waals surface area contributed by atoms with Crippen LogP contribution >= 0.6 is 0 Å². The van der Waals surface area contributed by atoms with Gasteiger partial charge in [-0.25, -0.2) is 0 Å². The molecule has 0 radical (unpaired) electrons. The summed E-state index contributed by atoms with van der Waals surface area (Å²) in [5, 5.41) is 3.29. The van der Waals surface area contributed by atoms with Crippen molar-refractivity contribution in [3.8, 4) is 0 Å². The van der Waals surface area contributed by atoms with E-state index in [4.69, 9.17) is 9.47 Å². The molecule has 4 nitrogen and oxygen atoms in total. The normalized spacial score (nSPS) is 19.9. The van der Waals surface area contributed by atoms with Crippen molar-refractivity contribution in [1.82, 2.24) is 5.32 Å². The van der Waals surface area contributed by atoms with Crippen molar-refractivity contribution in [3.63, 3.8) is 0 Å². The van der Waals surface area contributed by atoms with Gasteiger partial charge in [0, 0.05) is 13.0 Å². The molecule has 16 heavy (non-hydrogen) atoms. The van der Waals surface area contributed by atoms with E-state index in [0.29, 0.717) is 25.6 Å². The molecule has 0 spiro atoms. The maximum absolute atomic E-state index is 11.3. The van der Waals surface area contributed by atoms with Crippen molar-refractivity contribution < 1.29 is 14.3 Å². The third-order valence-corrected chi connectivity index (χ3v) is 2.76. The first-order chi connectivity index (χ1) is 7.83. The van der Waals surface area contributed by atoms with Gasteiger partial charge in [0.2, 0.25) is 0 Å². The zero-order valence-corrected chi connectivity index (χ0v) is 10.2. The largest absolute Gasteiger partial charge is 0.463 e. The summed E-state index contributed by atoms with van der Waals surface area (Å²) in [6.07, 6.45) is 3.68. The van der Waals surface area contributed by atoms with E-state index in [1.807, 2.05) is 0 Å². The number of carbonyl (C=O) groups is 1. The van der Waals surface area contributed by atoms with Gasteiger partial charge in [0.15, 0.2) is 0 Å². The average molecular weight is 229 g/mol. The van der Waals surface area contributed by atoms with Gasteiger partial charge < -0.3 is 14.8 Å². The third kappa shape index (κ3) is 6.08. The number of hydrogen-bond donors (Lipinski definition) is 1. The van der Waals surface area contributed by atoms with E-state index < -0.39 is 0 Å². The highest BCUT2D eigenvalue weighted by Gasteiger charge is 2.15. The Labute approximate surface area is 97.7 Å². The molecule has 1 rings (SSSR count). The fourth-order valence-electron chi connectivity index (χ4n) is 1.82. The molecule has 4 heteroatoms. The van der Waals surface area contributed by atoms with Crippen LogP contribution in [-0.2, 0) is 14.3 Å². The van der Waals surface area contributed by atoms with E-state index in [1.165, 1.54) is 6.42 Å². The van der Waals surface area contributed by atoms with Crippen LogP contribution in [0, 0.1) is 5.92 Å². The lowest BCUT2D eigenvalue weighted by molar-refractivity contribution is -0.145. The minimum Gasteiger partial charge on any atom is -0.463 e. The number of esters is 1. The quantitative estimate of drug-likeness (QED) is 0.504. The highest BCUT2D eigenvalue weighted by atomic mass is 16.6. The lowest BCUT2D eigenvalue weighted by Crippen LogP contribution is -2.13. The molecule has 1 aliphatic heterocycles. The molecule has 0 bridgehead atoms. The Balaban J connectivity index is 1.90. The lowest BCUT2D eigenvalue weighted by Gasteiger charge is -2.08. The Kier molecular flexibility index (Phi) is 7.17. The molecule has 1 fully saturated rings. The molecule has 0 amide bonds. The van der Waals surface area contributed by atoms with Crippen molar-refractivity contribution in [2.45, 2.75) is 32.6 Å². The fraction of sp³-hybridized carbons (Fsp3) is 0.917. The monoisotopic (exact) mass is 229 g/mol. The van der Waals surface area contributed by atoms with Crippen LogP contribution < -0.4 is 5.32 Å². The number of hydrogen-bond acceptors (Lipinski definition) is 4. The summed E-state index contributed by atoms with van der Waals surface area (Å²) in [5.74, 6) is 0.566. The molecular weight excluding hydrogens is 206 g/mol. The first-order valence-electron chi connectivity index (χ1n) is 6.27. The smallest absolute Gasteiger partial charge is 0.305 e. The Morgan fingerprint density at radius 1 is 1.38 bits per heavy atom. The van der Waals surface area contributed by atoms with Crippen LogP contribution in [0.3, 0.4) is 0 Å². The van der Waals surface area contributed by atoms with Crippen LogP contribution in [-0.4, -0.2) is 38.9 Å². The lowest BCUT2D eigenvalue weighted by atomic mass is 10.0. The molecule has 1 saturated heterocycles. The highest BCUT2D eigenvalue weighted by Crippen LogP contribution is 2.14. The van der Waals surface area contributed by atoms with Gasteiger partial charge in [0.1, 0.15) is 6.61 Å². The van der Waals surface area contributed by atoms with Crippen LogP contribution in [0.2, 0.25) is 0 Å². The van der Waals surface area contributed by atoms with Gasteiger partial charge in [0.05, 0.1) is 6.61 Å². The minimum atomic E-state index is -0.0907. The summed E-state index contributed by atoms with van der Waals surface area (Å²) >= 11 is 0. The molecule has 1 atom stereocenters. The van der Waals surface area contributed by atoms with Crippen LogP contribution in [0.4, 0.5) is 0 Å². The first-order valence-corrected chi connectivity index (χ1v) is 6.27. The number of nitrogens with one attached hydrogen (secondary N) is 1. The van der Waals surface area contributed by atoms with E-state index in [0.717, 1.165) is 32.5 Å². The third-order valence-electron chi connectivity index (χ3n) is 2.76. The van der Waals surface area contributed by atoms with Gasteiger partial charge in [-0.15, -0.1) is 0 Å². The average Bonchev–Trinajstić information content (AvgIpc) is 2.79. The minimum absolute atomic E-state index is 0.0907. The second-order valence-electron chi connectivity index (χ2n) is 4.23. The molecule has 1 heterocycles. The molecule has 1 unspecified atom stereocenters. The summed E-state index contributed by atoms with van der Waals surface area (Å²) in [7, 11) is 0.